The average Bonchev–Trinajstić information content (AvgIpc) is 2.88. The number of fused-ring (bicyclic) bond motifs is 2. The van der Waals surface area contributed by atoms with E-state index in [1.165, 1.54) is 56.9 Å². The third-order valence-electron chi connectivity index (χ3n) is 4.33. The monoisotopic (exact) mass is 226 g/mol. The van der Waals surface area contributed by atoms with Crippen molar-refractivity contribution >= 4 is 11.8 Å². The van der Waals surface area contributed by atoms with Crippen molar-refractivity contribution in [2.75, 3.05) is 37.7 Å². The lowest BCUT2D eigenvalue weighted by atomic mass is 9.93. The molecule has 1 N–H and O–H groups in total. The Balaban J connectivity index is 1.46. The summed E-state index contributed by atoms with van der Waals surface area (Å²) in [4.78, 5) is 2.63. The molecule has 0 saturated carbocycles. The van der Waals surface area contributed by atoms with Gasteiger partial charge in [0.25, 0.3) is 0 Å². The molecule has 3 aliphatic heterocycles. The van der Waals surface area contributed by atoms with E-state index in [1.807, 2.05) is 0 Å². The summed E-state index contributed by atoms with van der Waals surface area (Å²) in [6.45, 7) is 5.36. The molecule has 0 aromatic heterocycles. The van der Waals surface area contributed by atoms with Crippen molar-refractivity contribution in [1.29, 1.82) is 0 Å². The van der Waals surface area contributed by atoms with Gasteiger partial charge in [0.1, 0.15) is 0 Å². The number of nitrogens with one attached hydrogen (secondary N) is 1. The second-order valence-corrected chi connectivity index (χ2v) is 6.53. The smallest absolute Gasteiger partial charge is 0.0120 e. The molecule has 3 aliphatic rings. The minimum atomic E-state index is 0.842. The van der Waals surface area contributed by atoms with Crippen LogP contribution in [0.25, 0.3) is 0 Å². The Morgan fingerprint density at radius 2 is 2.13 bits per heavy atom. The van der Waals surface area contributed by atoms with E-state index in [0.29, 0.717) is 0 Å². The van der Waals surface area contributed by atoms with Crippen LogP contribution in [-0.2, 0) is 0 Å². The van der Waals surface area contributed by atoms with Crippen molar-refractivity contribution < 1.29 is 0 Å². The number of rotatable bonds is 3. The molecule has 2 bridgehead atoms. The summed E-state index contributed by atoms with van der Waals surface area (Å²) >= 11 is 2.14. The number of hydrogen-bond donors (Lipinski definition) is 1. The maximum Gasteiger partial charge on any atom is 0.0120 e. The van der Waals surface area contributed by atoms with E-state index in [0.717, 1.165) is 17.9 Å². The molecule has 3 heterocycles. The highest BCUT2D eigenvalue weighted by Gasteiger charge is 2.34. The van der Waals surface area contributed by atoms with Crippen molar-refractivity contribution in [1.82, 2.24) is 10.2 Å². The van der Waals surface area contributed by atoms with Crippen LogP contribution in [0.3, 0.4) is 0 Å². The highest BCUT2D eigenvalue weighted by Crippen LogP contribution is 2.28. The molecule has 86 valence electrons. The van der Waals surface area contributed by atoms with Crippen LogP contribution < -0.4 is 5.32 Å². The quantitative estimate of drug-likeness (QED) is 0.783. The van der Waals surface area contributed by atoms with Crippen LogP contribution in [0.1, 0.15) is 19.3 Å². The summed E-state index contributed by atoms with van der Waals surface area (Å²) in [7, 11) is 0. The maximum absolute atomic E-state index is 3.85. The number of thioether (sulfide) groups is 1. The zero-order valence-corrected chi connectivity index (χ0v) is 10.3. The van der Waals surface area contributed by atoms with Gasteiger partial charge in [-0.05, 0) is 62.2 Å². The van der Waals surface area contributed by atoms with Gasteiger partial charge in [-0.2, -0.15) is 11.8 Å². The molecular formula is C12H22N2S. The first kappa shape index (κ1) is 10.4. The van der Waals surface area contributed by atoms with Crippen molar-refractivity contribution in [3.8, 4) is 0 Å². The lowest BCUT2D eigenvalue weighted by molar-refractivity contribution is 0.217. The van der Waals surface area contributed by atoms with Crippen LogP contribution in [-0.4, -0.2) is 48.6 Å². The molecular weight excluding hydrogens is 204 g/mol. The Labute approximate surface area is 97.2 Å². The summed E-state index contributed by atoms with van der Waals surface area (Å²) in [5.41, 5.74) is 0. The van der Waals surface area contributed by atoms with Crippen LogP contribution in [0.4, 0.5) is 0 Å². The van der Waals surface area contributed by atoms with Gasteiger partial charge in [0.05, 0.1) is 0 Å². The molecule has 0 spiro atoms. The zero-order valence-electron chi connectivity index (χ0n) is 9.45. The first-order valence-corrected chi connectivity index (χ1v) is 7.61. The second kappa shape index (κ2) is 4.64. The highest BCUT2D eigenvalue weighted by atomic mass is 32.2. The minimum Gasteiger partial charge on any atom is -0.313 e. The standard InChI is InChI=1S/C12H22N2S/c1-4-14-5-2-12(11(1)8-14)13-7-10-3-6-15-9-10/h10-13H,1-9H2. The molecule has 0 amide bonds. The largest absolute Gasteiger partial charge is 0.313 e. The van der Waals surface area contributed by atoms with Gasteiger partial charge < -0.3 is 10.2 Å². The molecule has 3 heteroatoms. The summed E-state index contributed by atoms with van der Waals surface area (Å²) in [6, 6.07) is 0.842. The molecule has 4 atom stereocenters. The predicted molar refractivity (Wildman–Crippen MR) is 66.4 cm³/mol. The normalized spacial score (nSPS) is 44.8. The van der Waals surface area contributed by atoms with E-state index in [9.17, 15) is 0 Å². The molecule has 0 aliphatic carbocycles. The van der Waals surface area contributed by atoms with Gasteiger partial charge in [0.2, 0.25) is 0 Å². The van der Waals surface area contributed by atoms with Crippen molar-refractivity contribution in [3.05, 3.63) is 0 Å². The fourth-order valence-electron chi connectivity index (χ4n) is 3.28. The van der Waals surface area contributed by atoms with E-state index in [4.69, 9.17) is 0 Å². The third-order valence-corrected chi connectivity index (χ3v) is 5.56. The second-order valence-electron chi connectivity index (χ2n) is 5.38. The summed E-state index contributed by atoms with van der Waals surface area (Å²) in [5.74, 6) is 4.73. The Hall–Kier alpha value is 0.270. The number of hydrogen-bond acceptors (Lipinski definition) is 3. The Morgan fingerprint density at radius 1 is 1.20 bits per heavy atom. The highest BCUT2D eigenvalue weighted by molar-refractivity contribution is 7.99. The maximum atomic E-state index is 3.85. The molecule has 0 radical (unpaired) electrons. The minimum absolute atomic E-state index is 0.842. The number of nitrogens with zero attached hydrogens (tertiary/aromatic N) is 1. The van der Waals surface area contributed by atoms with Crippen LogP contribution >= 0.6 is 11.8 Å². The zero-order chi connectivity index (χ0) is 10.1. The summed E-state index contributed by atoms with van der Waals surface area (Å²) in [6.07, 6.45) is 4.28. The van der Waals surface area contributed by atoms with Gasteiger partial charge in [-0.25, -0.2) is 0 Å². The van der Waals surface area contributed by atoms with Gasteiger partial charge >= 0.3 is 0 Å². The van der Waals surface area contributed by atoms with E-state index in [1.54, 1.807) is 0 Å². The fraction of sp³-hybridized carbons (Fsp3) is 1.00. The SMILES string of the molecule is C1CC(CNC2CCN3CCC2C3)CS1. The third kappa shape index (κ3) is 2.34. The fourth-order valence-corrected chi connectivity index (χ4v) is 4.57. The van der Waals surface area contributed by atoms with Gasteiger partial charge in [-0.1, -0.05) is 0 Å². The van der Waals surface area contributed by atoms with Gasteiger partial charge in [0.15, 0.2) is 0 Å². The molecule has 4 unspecified atom stereocenters. The van der Waals surface area contributed by atoms with E-state index >= 15 is 0 Å². The molecule has 3 fully saturated rings. The summed E-state index contributed by atoms with van der Waals surface area (Å²) in [5, 5.41) is 3.85. The molecule has 15 heavy (non-hydrogen) atoms. The van der Waals surface area contributed by atoms with E-state index in [2.05, 4.69) is 22.0 Å². The van der Waals surface area contributed by atoms with Crippen molar-refractivity contribution in [2.24, 2.45) is 11.8 Å². The lowest BCUT2D eigenvalue weighted by Gasteiger charge is -2.31. The van der Waals surface area contributed by atoms with Gasteiger partial charge in [-0.3, -0.25) is 0 Å². The Bertz CT molecular complexity index is 216. The Morgan fingerprint density at radius 3 is 3.00 bits per heavy atom. The summed E-state index contributed by atoms with van der Waals surface area (Å²) < 4.78 is 0. The van der Waals surface area contributed by atoms with Crippen molar-refractivity contribution in [2.45, 2.75) is 25.3 Å². The van der Waals surface area contributed by atoms with E-state index in [-0.39, 0.29) is 0 Å². The molecule has 0 aromatic carbocycles. The molecule has 0 aromatic rings. The van der Waals surface area contributed by atoms with Crippen molar-refractivity contribution in [3.63, 3.8) is 0 Å². The number of piperidine rings is 1. The Kier molecular flexibility index (Phi) is 3.23. The first-order valence-electron chi connectivity index (χ1n) is 6.45. The van der Waals surface area contributed by atoms with Crippen LogP contribution in [0.2, 0.25) is 0 Å². The van der Waals surface area contributed by atoms with Crippen LogP contribution in [0, 0.1) is 11.8 Å². The molecule has 2 nitrogen and oxygen atoms in total. The lowest BCUT2D eigenvalue weighted by Crippen LogP contribution is -2.45. The predicted octanol–water partition coefficient (Wildman–Crippen LogP) is 1.42. The van der Waals surface area contributed by atoms with Gasteiger partial charge in [-0.15, -0.1) is 0 Å². The average molecular weight is 226 g/mol. The molecule has 3 saturated heterocycles. The topological polar surface area (TPSA) is 15.3 Å². The van der Waals surface area contributed by atoms with Crippen LogP contribution in [0.5, 0.6) is 0 Å². The molecule has 3 rings (SSSR count). The van der Waals surface area contributed by atoms with E-state index < -0.39 is 0 Å². The first-order chi connectivity index (χ1) is 7.42. The van der Waals surface area contributed by atoms with Gasteiger partial charge in [0, 0.05) is 12.6 Å². The van der Waals surface area contributed by atoms with Crippen LogP contribution in [0.15, 0.2) is 0 Å².